The number of amides is 2. The van der Waals surface area contributed by atoms with Crippen molar-refractivity contribution >= 4 is 23.9 Å². The monoisotopic (exact) mass is 490 g/mol. The van der Waals surface area contributed by atoms with Gasteiger partial charge in [0.2, 0.25) is 5.91 Å². The molecule has 0 bridgehead atoms. The molecule has 9 heteroatoms. The van der Waals surface area contributed by atoms with Crippen molar-refractivity contribution in [3.63, 3.8) is 0 Å². The predicted molar refractivity (Wildman–Crippen MR) is 130 cm³/mol. The standard InChI is InChI=1S/C27H26N2O7/c30-24(28-23(26(33)34)16-19-11-13-21(14-12-19)25(31)32)22(15-18-7-3-1-4-8-18)29-27(35)36-17-20-9-5-2-6-10-20/h1-14,22-23H,15-17H2,(H,28,30)(H,29,35)(H,31,32)(H,33,34)/t22-,23-/m0/s1. The van der Waals surface area contributed by atoms with Crippen LogP contribution in [-0.4, -0.2) is 46.2 Å². The summed E-state index contributed by atoms with van der Waals surface area (Å²) in [6.45, 7) is 0.0104. The van der Waals surface area contributed by atoms with Gasteiger partial charge in [0.25, 0.3) is 0 Å². The minimum absolute atomic E-state index is 0.0104. The Morgan fingerprint density at radius 2 is 1.19 bits per heavy atom. The van der Waals surface area contributed by atoms with Crippen molar-refractivity contribution in [3.8, 4) is 0 Å². The number of benzene rings is 3. The van der Waals surface area contributed by atoms with E-state index in [2.05, 4.69) is 10.6 Å². The number of nitrogens with one attached hydrogen (secondary N) is 2. The Hall–Kier alpha value is -4.66. The zero-order chi connectivity index (χ0) is 25.9. The van der Waals surface area contributed by atoms with Gasteiger partial charge >= 0.3 is 18.0 Å². The van der Waals surface area contributed by atoms with Crippen molar-refractivity contribution in [3.05, 3.63) is 107 Å². The molecular formula is C27H26N2O7. The molecule has 0 aliphatic heterocycles. The Balaban J connectivity index is 1.69. The molecule has 3 aromatic rings. The van der Waals surface area contributed by atoms with Gasteiger partial charge in [-0.25, -0.2) is 14.4 Å². The molecule has 0 aliphatic rings. The number of hydrogen-bond acceptors (Lipinski definition) is 5. The quantitative estimate of drug-likeness (QED) is 0.324. The van der Waals surface area contributed by atoms with E-state index in [1.165, 1.54) is 24.3 Å². The van der Waals surface area contributed by atoms with E-state index in [1.54, 1.807) is 36.4 Å². The summed E-state index contributed by atoms with van der Waals surface area (Å²) in [6, 6.07) is 21.3. The highest BCUT2D eigenvalue weighted by atomic mass is 16.5. The lowest BCUT2D eigenvalue weighted by atomic mass is 10.0. The molecule has 4 N–H and O–H groups in total. The van der Waals surface area contributed by atoms with Crippen LogP contribution in [0.25, 0.3) is 0 Å². The van der Waals surface area contributed by atoms with Crippen LogP contribution in [0.4, 0.5) is 4.79 Å². The van der Waals surface area contributed by atoms with E-state index >= 15 is 0 Å². The van der Waals surface area contributed by atoms with Crippen LogP contribution in [0.1, 0.15) is 27.0 Å². The molecular weight excluding hydrogens is 464 g/mol. The fourth-order valence-corrected chi connectivity index (χ4v) is 3.46. The normalized spacial score (nSPS) is 12.1. The Labute approximate surface area is 207 Å². The van der Waals surface area contributed by atoms with Gasteiger partial charge in [-0.1, -0.05) is 72.8 Å². The molecule has 2 amide bonds. The number of hydrogen-bond donors (Lipinski definition) is 4. The molecule has 0 saturated carbocycles. The number of carboxylic acid groups (broad SMARTS) is 2. The van der Waals surface area contributed by atoms with Crippen LogP contribution < -0.4 is 10.6 Å². The first-order valence-corrected chi connectivity index (χ1v) is 11.2. The maximum Gasteiger partial charge on any atom is 0.408 e. The van der Waals surface area contributed by atoms with Crippen LogP contribution >= 0.6 is 0 Å². The van der Waals surface area contributed by atoms with Crippen LogP contribution in [0, 0.1) is 0 Å². The lowest BCUT2D eigenvalue weighted by Gasteiger charge is -2.21. The fraction of sp³-hybridized carbons (Fsp3) is 0.185. The number of carbonyl (C=O) groups excluding carboxylic acids is 2. The zero-order valence-electron chi connectivity index (χ0n) is 19.3. The molecule has 3 rings (SSSR count). The molecule has 0 aromatic heterocycles. The number of rotatable bonds is 11. The number of ether oxygens (including phenoxy) is 1. The fourth-order valence-electron chi connectivity index (χ4n) is 3.46. The van der Waals surface area contributed by atoms with Crippen LogP contribution in [0.3, 0.4) is 0 Å². The largest absolute Gasteiger partial charge is 0.480 e. The van der Waals surface area contributed by atoms with E-state index in [0.717, 1.165) is 11.1 Å². The van der Waals surface area contributed by atoms with Crippen LogP contribution in [0.15, 0.2) is 84.9 Å². The average Bonchev–Trinajstić information content (AvgIpc) is 2.88. The van der Waals surface area contributed by atoms with Crippen molar-refractivity contribution in [2.45, 2.75) is 31.5 Å². The lowest BCUT2D eigenvalue weighted by molar-refractivity contribution is -0.142. The predicted octanol–water partition coefficient (Wildman–Crippen LogP) is 3.03. The highest BCUT2D eigenvalue weighted by Gasteiger charge is 2.27. The van der Waals surface area contributed by atoms with Gasteiger partial charge in [-0.15, -0.1) is 0 Å². The van der Waals surface area contributed by atoms with Crippen LogP contribution in [-0.2, 0) is 33.8 Å². The molecule has 0 radical (unpaired) electrons. The number of carboxylic acids is 2. The summed E-state index contributed by atoms with van der Waals surface area (Å²) in [5.41, 5.74) is 2.13. The van der Waals surface area contributed by atoms with Gasteiger partial charge in [0.05, 0.1) is 5.56 Å². The Morgan fingerprint density at radius 3 is 1.75 bits per heavy atom. The highest BCUT2D eigenvalue weighted by Crippen LogP contribution is 2.10. The van der Waals surface area contributed by atoms with E-state index in [0.29, 0.717) is 5.56 Å². The van der Waals surface area contributed by atoms with Crippen molar-refractivity contribution in [1.29, 1.82) is 0 Å². The SMILES string of the molecule is O=C(N[C@@H](Cc1ccccc1)C(=O)N[C@@H](Cc1ccc(C(=O)O)cc1)C(=O)O)OCc1ccccc1. The van der Waals surface area contributed by atoms with Gasteiger partial charge in [-0.3, -0.25) is 4.79 Å². The third kappa shape index (κ3) is 7.98. The molecule has 9 nitrogen and oxygen atoms in total. The molecule has 0 aliphatic carbocycles. The molecule has 0 spiro atoms. The first kappa shape index (κ1) is 26.0. The topological polar surface area (TPSA) is 142 Å². The summed E-state index contributed by atoms with van der Waals surface area (Å²) in [6.07, 6.45) is -0.768. The van der Waals surface area contributed by atoms with E-state index < -0.39 is 36.0 Å². The molecule has 36 heavy (non-hydrogen) atoms. The number of aliphatic carboxylic acids is 1. The van der Waals surface area contributed by atoms with Crippen LogP contribution in [0.2, 0.25) is 0 Å². The minimum Gasteiger partial charge on any atom is -0.480 e. The van der Waals surface area contributed by atoms with E-state index in [1.807, 2.05) is 24.3 Å². The van der Waals surface area contributed by atoms with Gasteiger partial charge < -0.3 is 25.6 Å². The van der Waals surface area contributed by atoms with Gasteiger partial charge in [0, 0.05) is 12.8 Å². The summed E-state index contributed by atoms with van der Waals surface area (Å²) in [5, 5.41) is 23.7. The van der Waals surface area contributed by atoms with E-state index in [-0.39, 0.29) is 25.0 Å². The van der Waals surface area contributed by atoms with Crippen molar-refractivity contribution in [1.82, 2.24) is 10.6 Å². The smallest absolute Gasteiger partial charge is 0.408 e. The Bertz CT molecular complexity index is 1180. The molecule has 0 saturated heterocycles. The van der Waals surface area contributed by atoms with Crippen molar-refractivity contribution in [2.75, 3.05) is 0 Å². The number of aromatic carboxylic acids is 1. The Kier molecular flexibility index (Phi) is 9.16. The molecule has 186 valence electrons. The van der Waals surface area contributed by atoms with Gasteiger partial charge in [-0.05, 0) is 28.8 Å². The molecule has 0 fully saturated rings. The average molecular weight is 491 g/mol. The van der Waals surface area contributed by atoms with Gasteiger partial charge in [-0.2, -0.15) is 0 Å². The molecule has 0 heterocycles. The third-order valence-corrected chi connectivity index (χ3v) is 5.36. The number of carbonyl (C=O) groups is 4. The number of alkyl carbamates (subject to hydrolysis) is 1. The third-order valence-electron chi connectivity index (χ3n) is 5.36. The zero-order valence-corrected chi connectivity index (χ0v) is 19.3. The summed E-state index contributed by atoms with van der Waals surface area (Å²) >= 11 is 0. The summed E-state index contributed by atoms with van der Waals surface area (Å²) in [7, 11) is 0. The second kappa shape index (κ2) is 12.7. The first-order chi connectivity index (χ1) is 17.3. The van der Waals surface area contributed by atoms with E-state index in [4.69, 9.17) is 9.84 Å². The van der Waals surface area contributed by atoms with Crippen molar-refractivity contribution < 1.29 is 34.1 Å². The summed E-state index contributed by atoms with van der Waals surface area (Å²) in [5.74, 6) is -3.06. The van der Waals surface area contributed by atoms with Gasteiger partial charge in [0.1, 0.15) is 18.7 Å². The summed E-state index contributed by atoms with van der Waals surface area (Å²) < 4.78 is 5.23. The second-order valence-electron chi connectivity index (χ2n) is 8.05. The van der Waals surface area contributed by atoms with Crippen LogP contribution in [0.5, 0.6) is 0 Å². The second-order valence-corrected chi connectivity index (χ2v) is 8.05. The minimum atomic E-state index is -1.30. The first-order valence-electron chi connectivity index (χ1n) is 11.2. The summed E-state index contributed by atoms with van der Waals surface area (Å²) in [4.78, 5) is 48.4. The van der Waals surface area contributed by atoms with Crippen molar-refractivity contribution in [2.24, 2.45) is 0 Å². The lowest BCUT2D eigenvalue weighted by Crippen LogP contribution is -2.53. The highest BCUT2D eigenvalue weighted by molar-refractivity contribution is 5.90. The van der Waals surface area contributed by atoms with E-state index in [9.17, 15) is 24.3 Å². The maximum atomic E-state index is 13.1. The maximum absolute atomic E-state index is 13.1. The van der Waals surface area contributed by atoms with Gasteiger partial charge in [0.15, 0.2) is 0 Å². The molecule has 0 unspecified atom stereocenters. The molecule has 3 aromatic carbocycles. The molecule has 2 atom stereocenters. The Morgan fingerprint density at radius 1 is 0.667 bits per heavy atom.